The number of carbonyl (C=O) groups excluding carboxylic acids is 1. The molecular formula is C21H19F3N4O. The molecule has 5 nitrogen and oxygen atoms in total. The molecule has 150 valence electrons. The Morgan fingerprint density at radius 1 is 1.17 bits per heavy atom. The van der Waals surface area contributed by atoms with Crippen LogP contribution in [0.15, 0.2) is 55.0 Å². The van der Waals surface area contributed by atoms with Crippen LogP contribution in [0.5, 0.6) is 0 Å². The van der Waals surface area contributed by atoms with Crippen LogP contribution in [-0.2, 0) is 18.0 Å². The van der Waals surface area contributed by atoms with Gasteiger partial charge in [-0.1, -0.05) is 6.07 Å². The van der Waals surface area contributed by atoms with E-state index in [4.69, 9.17) is 0 Å². The van der Waals surface area contributed by atoms with Gasteiger partial charge in [-0.25, -0.2) is 4.98 Å². The number of anilines is 2. The molecule has 0 radical (unpaired) electrons. The minimum Gasteiger partial charge on any atom is -0.356 e. The van der Waals surface area contributed by atoms with E-state index < -0.39 is 11.7 Å². The van der Waals surface area contributed by atoms with Crippen LogP contribution in [0.25, 0.3) is 11.3 Å². The van der Waals surface area contributed by atoms with Crippen molar-refractivity contribution in [1.82, 2.24) is 14.9 Å². The number of rotatable bonds is 4. The molecule has 1 unspecified atom stereocenters. The fourth-order valence-electron chi connectivity index (χ4n) is 3.46. The number of aryl methyl sites for hydroxylation is 1. The quantitative estimate of drug-likeness (QED) is 0.680. The second-order valence-electron chi connectivity index (χ2n) is 7.06. The van der Waals surface area contributed by atoms with Gasteiger partial charge in [-0.2, -0.15) is 13.2 Å². The normalized spacial score (nSPS) is 16.7. The van der Waals surface area contributed by atoms with Crippen molar-refractivity contribution in [2.45, 2.75) is 18.5 Å². The molecule has 1 aromatic heterocycles. The van der Waals surface area contributed by atoms with E-state index >= 15 is 0 Å². The summed E-state index contributed by atoms with van der Waals surface area (Å²) in [5.74, 6) is -0.210. The van der Waals surface area contributed by atoms with Crippen molar-refractivity contribution >= 4 is 17.3 Å². The van der Waals surface area contributed by atoms with Gasteiger partial charge in [0.2, 0.25) is 5.91 Å². The lowest BCUT2D eigenvalue weighted by Gasteiger charge is -2.15. The van der Waals surface area contributed by atoms with Gasteiger partial charge in [-0.15, -0.1) is 0 Å². The molecule has 2 heterocycles. The van der Waals surface area contributed by atoms with Crippen molar-refractivity contribution in [3.05, 3.63) is 66.1 Å². The Labute approximate surface area is 165 Å². The number of hydrogen-bond donors (Lipinski definition) is 2. The van der Waals surface area contributed by atoms with Crippen molar-refractivity contribution in [2.24, 2.45) is 7.05 Å². The molecule has 0 aliphatic carbocycles. The lowest BCUT2D eigenvalue weighted by atomic mass is 9.94. The third-order valence-corrected chi connectivity index (χ3v) is 4.97. The van der Waals surface area contributed by atoms with Gasteiger partial charge in [0, 0.05) is 36.7 Å². The molecule has 1 amide bonds. The van der Waals surface area contributed by atoms with Gasteiger partial charge in [-0.3, -0.25) is 4.79 Å². The average Bonchev–Trinajstić information content (AvgIpc) is 3.30. The van der Waals surface area contributed by atoms with Crippen LogP contribution in [0.2, 0.25) is 0 Å². The molecule has 0 saturated carbocycles. The molecule has 8 heteroatoms. The standard InChI is InChI=1S/C21H19F3N4O/c1-28-11-19(26-12-28)17-10-13(16-8-9-25-20(16)29)2-7-18(17)27-15-5-3-14(4-6-15)21(22,23)24/h2-7,10-12,16,27H,8-9H2,1H3,(H,25,29). The van der Waals surface area contributed by atoms with Gasteiger partial charge in [0.15, 0.2) is 0 Å². The lowest BCUT2D eigenvalue weighted by molar-refractivity contribution is -0.137. The van der Waals surface area contributed by atoms with Crippen molar-refractivity contribution < 1.29 is 18.0 Å². The Balaban J connectivity index is 1.69. The highest BCUT2D eigenvalue weighted by molar-refractivity contribution is 5.87. The van der Waals surface area contributed by atoms with Gasteiger partial charge in [0.05, 0.1) is 23.5 Å². The van der Waals surface area contributed by atoms with E-state index in [9.17, 15) is 18.0 Å². The molecule has 0 bridgehead atoms. The SMILES string of the molecule is Cn1cnc(-c2cc(C3CCNC3=O)ccc2Nc2ccc(C(F)(F)F)cc2)c1. The Morgan fingerprint density at radius 2 is 1.93 bits per heavy atom. The average molecular weight is 400 g/mol. The number of alkyl halides is 3. The monoisotopic (exact) mass is 400 g/mol. The molecule has 1 atom stereocenters. The number of nitrogens with one attached hydrogen (secondary N) is 2. The Morgan fingerprint density at radius 3 is 2.52 bits per heavy atom. The molecule has 0 spiro atoms. The summed E-state index contributed by atoms with van der Waals surface area (Å²) in [6, 6.07) is 10.5. The molecule has 3 aromatic rings. The van der Waals surface area contributed by atoms with Crippen molar-refractivity contribution in [3.8, 4) is 11.3 Å². The number of benzene rings is 2. The highest BCUT2D eigenvalue weighted by Crippen LogP contribution is 2.35. The summed E-state index contributed by atoms with van der Waals surface area (Å²) in [7, 11) is 1.85. The predicted octanol–water partition coefficient (Wildman–Crippen LogP) is 4.45. The van der Waals surface area contributed by atoms with E-state index in [0.717, 1.165) is 29.7 Å². The van der Waals surface area contributed by atoms with Gasteiger partial charge < -0.3 is 15.2 Å². The minimum atomic E-state index is -4.37. The van der Waals surface area contributed by atoms with Crippen molar-refractivity contribution in [3.63, 3.8) is 0 Å². The highest BCUT2D eigenvalue weighted by Gasteiger charge is 2.30. The van der Waals surface area contributed by atoms with E-state index in [1.807, 2.05) is 36.0 Å². The van der Waals surface area contributed by atoms with Gasteiger partial charge in [0.25, 0.3) is 0 Å². The minimum absolute atomic E-state index is 0.000388. The molecule has 1 aliphatic rings. The van der Waals surface area contributed by atoms with Crippen LogP contribution in [0, 0.1) is 0 Å². The van der Waals surface area contributed by atoms with Crippen LogP contribution >= 0.6 is 0 Å². The summed E-state index contributed by atoms with van der Waals surface area (Å²) in [5.41, 5.74) is 2.91. The summed E-state index contributed by atoms with van der Waals surface area (Å²) in [4.78, 5) is 16.5. The highest BCUT2D eigenvalue weighted by atomic mass is 19.4. The summed E-state index contributed by atoms with van der Waals surface area (Å²) in [6.45, 7) is 0.647. The summed E-state index contributed by atoms with van der Waals surface area (Å²) in [5, 5.41) is 6.01. The molecule has 29 heavy (non-hydrogen) atoms. The van der Waals surface area contributed by atoms with Gasteiger partial charge in [0.1, 0.15) is 0 Å². The second-order valence-corrected chi connectivity index (χ2v) is 7.06. The summed E-state index contributed by atoms with van der Waals surface area (Å²) >= 11 is 0. The number of imidazole rings is 1. The van der Waals surface area contributed by atoms with E-state index in [1.165, 1.54) is 12.1 Å². The topological polar surface area (TPSA) is 59.0 Å². The maximum Gasteiger partial charge on any atom is 0.416 e. The number of aromatic nitrogens is 2. The third-order valence-electron chi connectivity index (χ3n) is 4.97. The zero-order valence-corrected chi connectivity index (χ0v) is 15.6. The maximum absolute atomic E-state index is 12.8. The first-order chi connectivity index (χ1) is 13.8. The molecule has 1 saturated heterocycles. The number of nitrogens with zero attached hydrogens (tertiary/aromatic N) is 2. The second kappa shape index (κ2) is 7.27. The summed E-state index contributed by atoms with van der Waals surface area (Å²) in [6.07, 6.45) is -0.120. The van der Waals surface area contributed by atoms with Crippen LogP contribution in [0.3, 0.4) is 0 Å². The Kier molecular flexibility index (Phi) is 4.77. The van der Waals surface area contributed by atoms with E-state index in [0.29, 0.717) is 23.6 Å². The number of amides is 1. The van der Waals surface area contributed by atoms with Crippen LogP contribution in [0.4, 0.5) is 24.5 Å². The molecular weight excluding hydrogens is 381 g/mol. The zero-order valence-electron chi connectivity index (χ0n) is 15.6. The predicted molar refractivity (Wildman–Crippen MR) is 104 cm³/mol. The molecule has 2 N–H and O–H groups in total. The largest absolute Gasteiger partial charge is 0.416 e. The fraction of sp³-hybridized carbons (Fsp3) is 0.238. The maximum atomic E-state index is 12.8. The smallest absolute Gasteiger partial charge is 0.356 e. The zero-order chi connectivity index (χ0) is 20.6. The van der Waals surface area contributed by atoms with Crippen LogP contribution in [-0.4, -0.2) is 22.0 Å². The Hall–Kier alpha value is -3.29. The lowest BCUT2D eigenvalue weighted by Crippen LogP contribution is -2.17. The molecule has 4 rings (SSSR count). The number of halogens is 3. The molecule has 1 aliphatic heterocycles. The van der Waals surface area contributed by atoms with E-state index in [2.05, 4.69) is 15.6 Å². The van der Waals surface area contributed by atoms with Crippen LogP contribution in [0.1, 0.15) is 23.5 Å². The Bertz CT molecular complexity index is 1040. The fourth-order valence-corrected chi connectivity index (χ4v) is 3.46. The number of hydrogen-bond acceptors (Lipinski definition) is 3. The summed E-state index contributed by atoms with van der Waals surface area (Å²) < 4.78 is 40.2. The first-order valence-corrected chi connectivity index (χ1v) is 9.15. The van der Waals surface area contributed by atoms with E-state index in [1.54, 1.807) is 6.33 Å². The van der Waals surface area contributed by atoms with Gasteiger partial charge >= 0.3 is 6.18 Å². The first-order valence-electron chi connectivity index (χ1n) is 9.15. The van der Waals surface area contributed by atoms with Crippen molar-refractivity contribution in [2.75, 3.05) is 11.9 Å². The van der Waals surface area contributed by atoms with Crippen LogP contribution < -0.4 is 10.6 Å². The first kappa shape index (κ1) is 19.0. The van der Waals surface area contributed by atoms with E-state index in [-0.39, 0.29) is 11.8 Å². The third kappa shape index (κ3) is 3.96. The van der Waals surface area contributed by atoms with Crippen molar-refractivity contribution in [1.29, 1.82) is 0 Å². The molecule has 2 aromatic carbocycles. The van der Waals surface area contributed by atoms with Gasteiger partial charge in [-0.05, 0) is 48.4 Å². The molecule has 1 fully saturated rings. The number of carbonyl (C=O) groups is 1.